The SMILES string of the molecule is CNc1nccc(C(=O)Nc2c(Br)cc(Br)cc2Br)c1F. The smallest absolute Gasteiger partial charge is 0.258 e. The molecule has 1 heterocycles. The molecule has 2 rings (SSSR count). The van der Waals surface area contributed by atoms with Crippen LogP contribution in [0.3, 0.4) is 0 Å². The molecule has 4 nitrogen and oxygen atoms in total. The molecule has 0 spiro atoms. The van der Waals surface area contributed by atoms with Crippen molar-refractivity contribution in [2.75, 3.05) is 17.7 Å². The van der Waals surface area contributed by atoms with Crippen molar-refractivity contribution in [3.8, 4) is 0 Å². The minimum Gasteiger partial charge on any atom is -0.371 e. The molecule has 1 aromatic carbocycles. The maximum Gasteiger partial charge on any atom is 0.258 e. The number of halogens is 4. The number of hydrogen-bond donors (Lipinski definition) is 2. The first-order valence-electron chi connectivity index (χ1n) is 5.72. The van der Waals surface area contributed by atoms with Crippen molar-refractivity contribution in [2.24, 2.45) is 0 Å². The summed E-state index contributed by atoms with van der Waals surface area (Å²) >= 11 is 10.0. The third-order valence-electron chi connectivity index (χ3n) is 2.62. The van der Waals surface area contributed by atoms with Gasteiger partial charge in [0, 0.05) is 26.7 Å². The van der Waals surface area contributed by atoms with Crippen LogP contribution < -0.4 is 10.6 Å². The molecule has 0 aliphatic heterocycles. The van der Waals surface area contributed by atoms with Gasteiger partial charge in [-0.25, -0.2) is 9.37 Å². The second-order valence-electron chi connectivity index (χ2n) is 3.97. The largest absolute Gasteiger partial charge is 0.371 e. The summed E-state index contributed by atoms with van der Waals surface area (Å²) in [6.45, 7) is 0. The van der Waals surface area contributed by atoms with E-state index in [0.29, 0.717) is 14.6 Å². The molecular formula is C13H9Br3FN3O. The fraction of sp³-hybridized carbons (Fsp3) is 0.0769. The van der Waals surface area contributed by atoms with Crippen LogP contribution in [-0.2, 0) is 0 Å². The maximum atomic E-state index is 14.1. The zero-order valence-electron chi connectivity index (χ0n) is 10.7. The van der Waals surface area contributed by atoms with Crippen LogP contribution in [0.25, 0.3) is 0 Å². The zero-order valence-corrected chi connectivity index (χ0v) is 15.4. The van der Waals surface area contributed by atoms with Gasteiger partial charge < -0.3 is 10.6 Å². The van der Waals surface area contributed by atoms with E-state index in [1.165, 1.54) is 19.3 Å². The van der Waals surface area contributed by atoms with Crippen LogP contribution in [0.5, 0.6) is 0 Å². The van der Waals surface area contributed by atoms with Crippen LogP contribution in [0.1, 0.15) is 10.4 Å². The van der Waals surface area contributed by atoms with Crippen molar-refractivity contribution < 1.29 is 9.18 Å². The predicted molar refractivity (Wildman–Crippen MR) is 91.2 cm³/mol. The average Bonchev–Trinajstić information content (AvgIpc) is 2.42. The molecule has 1 aromatic heterocycles. The Morgan fingerprint density at radius 2 is 1.86 bits per heavy atom. The first kappa shape index (κ1) is 16.4. The molecule has 0 fully saturated rings. The Hall–Kier alpha value is -0.990. The molecule has 0 bridgehead atoms. The predicted octanol–water partition coefficient (Wildman–Crippen LogP) is 4.80. The monoisotopic (exact) mass is 479 g/mol. The molecule has 0 atom stereocenters. The van der Waals surface area contributed by atoms with Gasteiger partial charge in [0.2, 0.25) is 0 Å². The van der Waals surface area contributed by atoms with E-state index in [4.69, 9.17) is 0 Å². The number of nitrogens with one attached hydrogen (secondary N) is 2. The Morgan fingerprint density at radius 1 is 1.24 bits per heavy atom. The van der Waals surface area contributed by atoms with Crippen molar-refractivity contribution >= 4 is 65.2 Å². The highest BCUT2D eigenvalue weighted by Gasteiger charge is 2.18. The van der Waals surface area contributed by atoms with Gasteiger partial charge in [-0.3, -0.25) is 4.79 Å². The van der Waals surface area contributed by atoms with E-state index in [-0.39, 0.29) is 11.4 Å². The van der Waals surface area contributed by atoms with Gasteiger partial charge in [0.25, 0.3) is 5.91 Å². The molecule has 0 aliphatic carbocycles. The van der Waals surface area contributed by atoms with Gasteiger partial charge >= 0.3 is 0 Å². The Kier molecular flexibility index (Phi) is 5.34. The molecule has 0 aliphatic rings. The fourth-order valence-corrected chi connectivity index (χ4v) is 4.09. The van der Waals surface area contributed by atoms with Crippen molar-refractivity contribution in [3.05, 3.63) is 49.2 Å². The molecule has 0 radical (unpaired) electrons. The van der Waals surface area contributed by atoms with Gasteiger partial charge in [-0.05, 0) is 50.1 Å². The summed E-state index contributed by atoms with van der Waals surface area (Å²) < 4.78 is 16.2. The van der Waals surface area contributed by atoms with E-state index in [1.54, 1.807) is 12.1 Å². The lowest BCUT2D eigenvalue weighted by atomic mass is 10.2. The van der Waals surface area contributed by atoms with Crippen LogP contribution in [0.15, 0.2) is 37.8 Å². The van der Waals surface area contributed by atoms with Crippen LogP contribution in [0, 0.1) is 5.82 Å². The van der Waals surface area contributed by atoms with Gasteiger partial charge in [-0.2, -0.15) is 0 Å². The van der Waals surface area contributed by atoms with E-state index < -0.39 is 11.7 Å². The highest BCUT2D eigenvalue weighted by atomic mass is 79.9. The molecule has 8 heteroatoms. The Labute approximate surface area is 145 Å². The molecule has 0 saturated carbocycles. The van der Waals surface area contributed by atoms with Crippen LogP contribution >= 0.6 is 47.8 Å². The lowest BCUT2D eigenvalue weighted by Gasteiger charge is -2.11. The summed E-state index contributed by atoms with van der Waals surface area (Å²) in [6, 6.07) is 4.89. The number of anilines is 2. The normalized spacial score (nSPS) is 10.3. The van der Waals surface area contributed by atoms with Crippen molar-refractivity contribution in [2.45, 2.75) is 0 Å². The molecule has 0 unspecified atom stereocenters. The standard InChI is InChI=1S/C13H9Br3FN3O/c1-18-12-10(17)7(2-3-19-12)13(21)20-11-8(15)4-6(14)5-9(11)16/h2-5H,1H3,(H,18,19)(H,20,21). The lowest BCUT2D eigenvalue weighted by Crippen LogP contribution is -2.16. The summed E-state index contributed by atoms with van der Waals surface area (Å²) in [6.07, 6.45) is 1.37. The summed E-state index contributed by atoms with van der Waals surface area (Å²) in [4.78, 5) is 16.0. The first-order valence-corrected chi connectivity index (χ1v) is 8.10. The molecule has 1 amide bonds. The number of carbonyl (C=O) groups is 1. The van der Waals surface area contributed by atoms with Gasteiger partial charge in [0.15, 0.2) is 11.6 Å². The van der Waals surface area contributed by atoms with E-state index in [2.05, 4.69) is 63.4 Å². The number of pyridine rings is 1. The van der Waals surface area contributed by atoms with Crippen molar-refractivity contribution in [1.29, 1.82) is 0 Å². The van der Waals surface area contributed by atoms with E-state index in [9.17, 15) is 9.18 Å². The molecule has 2 N–H and O–H groups in total. The fourth-order valence-electron chi connectivity index (χ4n) is 1.64. The molecule has 21 heavy (non-hydrogen) atoms. The molecule has 2 aromatic rings. The van der Waals surface area contributed by atoms with E-state index in [1.807, 2.05) is 0 Å². The number of hydrogen-bond acceptors (Lipinski definition) is 3. The van der Waals surface area contributed by atoms with Crippen molar-refractivity contribution in [1.82, 2.24) is 4.98 Å². The maximum absolute atomic E-state index is 14.1. The van der Waals surface area contributed by atoms with Gasteiger partial charge in [-0.1, -0.05) is 15.9 Å². The minimum atomic E-state index is -0.693. The summed E-state index contributed by atoms with van der Waals surface area (Å²) in [5.41, 5.74) is 0.432. The number of aromatic nitrogens is 1. The number of rotatable bonds is 3. The van der Waals surface area contributed by atoms with Crippen LogP contribution in [-0.4, -0.2) is 17.9 Å². The van der Waals surface area contributed by atoms with Crippen molar-refractivity contribution in [3.63, 3.8) is 0 Å². The molecular weight excluding hydrogens is 473 g/mol. The number of benzene rings is 1. The Morgan fingerprint density at radius 3 is 2.43 bits per heavy atom. The first-order chi connectivity index (χ1) is 9.93. The zero-order chi connectivity index (χ0) is 15.6. The van der Waals surface area contributed by atoms with Gasteiger partial charge in [0.1, 0.15) is 0 Å². The highest BCUT2D eigenvalue weighted by molar-refractivity contribution is 9.11. The topological polar surface area (TPSA) is 54.0 Å². The van der Waals surface area contributed by atoms with Crippen LogP contribution in [0.2, 0.25) is 0 Å². The Balaban J connectivity index is 2.35. The quantitative estimate of drug-likeness (QED) is 0.662. The van der Waals surface area contributed by atoms with Crippen LogP contribution in [0.4, 0.5) is 15.9 Å². The third-order valence-corrected chi connectivity index (χ3v) is 4.32. The number of carbonyl (C=O) groups excluding carboxylic acids is 1. The van der Waals surface area contributed by atoms with Gasteiger partial charge in [-0.15, -0.1) is 0 Å². The number of amides is 1. The minimum absolute atomic E-state index is 0.0246. The average molecular weight is 482 g/mol. The Bertz CT molecular complexity index is 686. The van der Waals surface area contributed by atoms with E-state index in [0.717, 1.165) is 4.47 Å². The molecule has 0 saturated heterocycles. The highest BCUT2D eigenvalue weighted by Crippen LogP contribution is 2.34. The summed E-state index contributed by atoms with van der Waals surface area (Å²) in [5, 5.41) is 5.26. The molecule has 110 valence electrons. The van der Waals surface area contributed by atoms with Gasteiger partial charge in [0.05, 0.1) is 11.3 Å². The summed E-state index contributed by atoms with van der Waals surface area (Å²) in [7, 11) is 1.54. The van der Waals surface area contributed by atoms with E-state index >= 15 is 0 Å². The number of nitrogens with zero attached hydrogens (tertiary/aromatic N) is 1. The second kappa shape index (κ2) is 6.85. The second-order valence-corrected chi connectivity index (χ2v) is 6.59. The third kappa shape index (κ3) is 3.61. The summed E-state index contributed by atoms with van der Waals surface area (Å²) in [5.74, 6) is -1.23. The lowest BCUT2D eigenvalue weighted by molar-refractivity contribution is 0.102.